The van der Waals surface area contributed by atoms with Gasteiger partial charge in [0.25, 0.3) is 20.0 Å². The van der Waals surface area contributed by atoms with E-state index in [0.29, 0.717) is 33.8 Å². The molecule has 5 aromatic rings. The molecule has 0 aliphatic heterocycles. The third-order valence-electron chi connectivity index (χ3n) is 5.59. The second-order valence-corrected chi connectivity index (χ2v) is 15.8. The summed E-state index contributed by atoms with van der Waals surface area (Å²) in [6.45, 7) is -0.0534. The van der Waals surface area contributed by atoms with Gasteiger partial charge in [-0.05, 0) is 42.0 Å². The van der Waals surface area contributed by atoms with Gasteiger partial charge in [0.05, 0.1) is 44.9 Å². The molecule has 0 radical (unpaired) electrons. The molecule has 0 aliphatic rings. The quantitative estimate of drug-likeness (QED) is 0.197. The van der Waals surface area contributed by atoms with Gasteiger partial charge in [-0.2, -0.15) is 27.2 Å². The Morgan fingerprint density at radius 3 is 2.15 bits per heavy atom. The summed E-state index contributed by atoms with van der Waals surface area (Å²) >= 11 is 13.3. The molecule has 16 heteroatoms. The summed E-state index contributed by atoms with van der Waals surface area (Å²) in [5.74, 6) is -1.42. The number of halogens is 3. The van der Waals surface area contributed by atoms with Gasteiger partial charge >= 0.3 is 0 Å². The Morgan fingerprint density at radius 1 is 1.00 bits per heavy atom. The molecule has 0 amide bonds. The van der Waals surface area contributed by atoms with E-state index in [2.05, 4.69) is 5.10 Å². The Hall–Kier alpha value is -3.19. The topological polar surface area (TPSA) is 122 Å². The second kappa shape index (κ2) is 10.7. The van der Waals surface area contributed by atoms with E-state index < -0.39 is 31.7 Å². The molecule has 5 rings (SSSR count). The molecular weight excluding hydrogens is 642 g/mol. The van der Waals surface area contributed by atoms with Crippen LogP contribution in [0.25, 0.3) is 10.9 Å². The number of aromatic nitrogens is 2. The number of benzene rings is 2. The van der Waals surface area contributed by atoms with Crippen molar-refractivity contribution in [2.45, 2.75) is 15.0 Å². The molecular formula is C24H15Cl2FN4O5S4. The first-order valence-electron chi connectivity index (χ1n) is 11.0. The van der Waals surface area contributed by atoms with Gasteiger partial charge in [-0.1, -0.05) is 35.3 Å². The SMILES string of the molecule is COc1cc(F)cc2c1c(N(S(=O)(=O)c1ccc(Cl)s1)S(=O)(=O)c1ccc(Cl)s1)nn2Cc1cccc(C#N)c1. The molecule has 9 nitrogen and oxygen atoms in total. The molecule has 3 heterocycles. The van der Waals surface area contributed by atoms with E-state index >= 15 is 0 Å². The summed E-state index contributed by atoms with van der Waals surface area (Å²) < 4.78 is 77.0. The lowest BCUT2D eigenvalue weighted by atomic mass is 10.1. The lowest BCUT2D eigenvalue weighted by Gasteiger charge is -2.21. The number of hydrogen-bond donors (Lipinski definition) is 0. The Bertz CT molecular complexity index is 1960. The molecule has 40 heavy (non-hydrogen) atoms. The lowest BCUT2D eigenvalue weighted by Crippen LogP contribution is -2.37. The van der Waals surface area contributed by atoms with E-state index in [1.165, 1.54) is 36.1 Å². The van der Waals surface area contributed by atoms with Gasteiger partial charge in [-0.3, -0.25) is 4.68 Å². The molecule has 0 saturated carbocycles. The third-order valence-corrected chi connectivity index (χ3v) is 13.1. The van der Waals surface area contributed by atoms with Crippen molar-refractivity contribution in [3.05, 3.63) is 86.3 Å². The molecule has 0 saturated heterocycles. The van der Waals surface area contributed by atoms with Gasteiger partial charge in [0.15, 0.2) is 5.82 Å². The molecule has 0 bridgehead atoms. The van der Waals surface area contributed by atoms with Crippen molar-refractivity contribution in [1.29, 1.82) is 5.26 Å². The van der Waals surface area contributed by atoms with E-state index in [9.17, 15) is 26.5 Å². The fraction of sp³-hybridized carbons (Fsp3) is 0.0833. The number of rotatable bonds is 8. The largest absolute Gasteiger partial charge is 0.496 e. The predicted octanol–water partition coefficient (Wildman–Crippen LogP) is 6.12. The Morgan fingerprint density at radius 2 is 1.62 bits per heavy atom. The van der Waals surface area contributed by atoms with E-state index in [0.717, 1.165) is 12.1 Å². The second-order valence-electron chi connectivity index (χ2n) is 8.12. The molecule has 2 aromatic carbocycles. The molecule has 206 valence electrons. The fourth-order valence-corrected chi connectivity index (χ4v) is 10.9. The fourth-order valence-electron chi connectivity index (χ4n) is 3.93. The number of methoxy groups -OCH3 is 1. The number of hydrogen-bond acceptors (Lipinski definition) is 9. The number of ether oxygens (including phenoxy) is 1. The third kappa shape index (κ3) is 5.05. The highest BCUT2D eigenvalue weighted by Crippen LogP contribution is 2.42. The number of nitrogens with zero attached hydrogens (tertiary/aromatic N) is 4. The van der Waals surface area contributed by atoms with Crippen LogP contribution in [0.3, 0.4) is 0 Å². The first-order valence-corrected chi connectivity index (χ1v) is 16.3. The molecule has 0 N–H and O–H groups in total. The molecule has 0 atom stereocenters. The highest BCUT2D eigenvalue weighted by atomic mass is 35.5. The summed E-state index contributed by atoms with van der Waals surface area (Å²) in [6.07, 6.45) is 0. The van der Waals surface area contributed by atoms with Crippen molar-refractivity contribution >= 4 is 82.6 Å². The summed E-state index contributed by atoms with van der Waals surface area (Å²) in [5.41, 5.74) is 0.984. The minimum atomic E-state index is -4.85. The number of sulfonamides is 2. The van der Waals surface area contributed by atoms with Crippen molar-refractivity contribution < 1.29 is 26.0 Å². The minimum absolute atomic E-state index is 0.0534. The molecule has 3 aromatic heterocycles. The zero-order valence-corrected chi connectivity index (χ0v) is 24.9. The normalized spacial score (nSPS) is 12.0. The van der Waals surface area contributed by atoms with Crippen molar-refractivity contribution in [2.75, 3.05) is 10.8 Å². The highest BCUT2D eigenvalue weighted by molar-refractivity contribution is 8.11. The van der Waals surface area contributed by atoms with Crippen LogP contribution in [0.4, 0.5) is 10.2 Å². The molecule has 0 spiro atoms. The van der Waals surface area contributed by atoms with Crippen LogP contribution in [-0.4, -0.2) is 33.7 Å². The number of thiophene rings is 2. The maximum Gasteiger partial charge on any atom is 0.288 e. The van der Waals surface area contributed by atoms with E-state index in [1.807, 2.05) is 6.07 Å². The standard InChI is InChI=1S/C24H15Cl2FN4O5S4/c1-36-18-11-16(27)10-17-23(18)24(29-30(17)13-15-4-2-3-14(9-15)12-28)31(39(32,33)21-7-5-19(25)37-21)40(34,35)22-8-6-20(26)38-22/h2-11H,13H2,1H3. The average Bonchev–Trinajstić information content (AvgIpc) is 3.63. The summed E-state index contributed by atoms with van der Waals surface area (Å²) in [5, 5.41) is 13.6. The number of anilines is 1. The first-order chi connectivity index (χ1) is 18.9. The Labute approximate surface area is 246 Å². The number of fused-ring (bicyclic) bond motifs is 1. The van der Waals surface area contributed by atoms with Gasteiger partial charge in [0.1, 0.15) is 20.0 Å². The van der Waals surface area contributed by atoms with Gasteiger partial charge in [0.2, 0.25) is 0 Å². The summed E-state index contributed by atoms with van der Waals surface area (Å²) in [6, 6.07) is 15.6. The summed E-state index contributed by atoms with van der Waals surface area (Å²) in [7, 11) is -8.47. The van der Waals surface area contributed by atoms with Crippen LogP contribution in [0, 0.1) is 17.1 Å². The van der Waals surface area contributed by atoms with Gasteiger partial charge < -0.3 is 4.74 Å². The first kappa shape index (κ1) is 28.3. The van der Waals surface area contributed by atoms with Crippen molar-refractivity contribution in [1.82, 2.24) is 9.78 Å². The van der Waals surface area contributed by atoms with Crippen molar-refractivity contribution in [2.24, 2.45) is 0 Å². The van der Waals surface area contributed by atoms with Crippen LogP contribution < -0.4 is 8.45 Å². The smallest absolute Gasteiger partial charge is 0.288 e. The minimum Gasteiger partial charge on any atom is -0.496 e. The monoisotopic (exact) mass is 656 g/mol. The van der Waals surface area contributed by atoms with E-state index in [-0.39, 0.29) is 44.0 Å². The van der Waals surface area contributed by atoms with Crippen LogP contribution in [0.15, 0.2) is 69.1 Å². The lowest BCUT2D eigenvalue weighted by molar-refractivity contribution is 0.416. The molecule has 0 unspecified atom stereocenters. The van der Waals surface area contributed by atoms with Gasteiger partial charge in [-0.15, -0.1) is 26.4 Å². The van der Waals surface area contributed by atoms with Crippen LogP contribution in [0.1, 0.15) is 11.1 Å². The van der Waals surface area contributed by atoms with E-state index in [1.54, 1.807) is 24.3 Å². The highest BCUT2D eigenvalue weighted by Gasteiger charge is 2.42. The van der Waals surface area contributed by atoms with Crippen LogP contribution in [-0.2, 0) is 26.6 Å². The summed E-state index contributed by atoms with van der Waals surface area (Å²) in [4.78, 5) is 0. The Balaban J connectivity index is 1.84. The Kier molecular flexibility index (Phi) is 7.55. The maximum atomic E-state index is 14.7. The van der Waals surface area contributed by atoms with Crippen molar-refractivity contribution in [3.63, 3.8) is 0 Å². The number of nitriles is 1. The zero-order valence-electron chi connectivity index (χ0n) is 20.1. The predicted molar refractivity (Wildman–Crippen MR) is 152 cm³/mol. The zero-order chi connectivity index (χ0) is 28.8. The molecule has 0 aliphatic carbocycles. The van der Waals surface area contributed by atoms with Gasteiger partial charge in [0, 0.05) is 12.1 Å². The van der Waals surface area contributed by atoms with Gasteiger partial charge in [-0.25, -0.2) is 4.39 Å². The van der Waals surface area contributed by atoms with Crippen LogP contribution in [0.2, 0.25) is 8.67 Å². The van der Waals surface area contributed by atoms with Crippen LogP contribution >= 0.6 is 45.9 Å². The maximum absolute atomic E-state index is 14.7. The van der Waals surface area contributed by atoms with E-state index in [4.69, 9.17) is 27.9 Å². The molecule has 0 fully saturated rings. The average molecular weight is 658 g/mol. The van der Waals surface area contributed by atoms with Crippen LogP contribution in [0.5, 0.6) is 5.75 Å². The van der Waals surface area contributed by atoms with Crippen molar-refractivity contribution in [3.8, 4) is 11.8 Å².